The van der Waals surface area contributed by atoms with E-state index in [1.54, 1.807) is 6.92 Å². The second-order valence-electron chi connectivity index (χ2n) is 3.46. The average Bonchev–Trinajstić information content (AvgIpc) is 2.81. The lowest BCUT2D eigenvalue weighted by molar-refractivity contribution is 0.0525. The Labute approximate surface area is 108 Å². The number of hydrogen-bond acceptors (Lipinski definition) is 6. The van der Waals surface area contributed by atoms with Gasteiger partial charge in [-0.2, -0.15) is 0 Å². The van der Waals surface area contributed by atoms with E-state index in [0.29, 0.717) is 17.6 Å². The lowest BCUT2D eigenvalue weighted by Crippen LogP contribution is -2.03. The third-order valence-electron chi connectivity index (χ3n) is 2.15. The highest BCUT2D eigenvalue weighted by atomic mass is 32.1. The summed E-state index contributed by atoms with van der Waals surface area (Å²) < 4.78 is 10.4. The third-order valence-corrected chi connectivity index (χ3v) is 2.93. The van der Waals surface area contributed by atoms with Crippen molar-refractivity contribution in [2.24, 2.45) is 0 Å². The lowest BCUT2D eigenvalue weighted by Gasteiger charge is -2.03. The van der Waals surface area contributed by atoms with Gasteiger partial charge < -0.3 is 9.47 Å². The van der Waals surface area contributed by atoms with Crippen LogP contribution in [-0.2, 0) is 4.74 Å². The van der Waals surface area contributed by atoms with E-state index in [0.717, 1.165) is 16.9 Å². The molecule has 0 fully saturated rings. The first-order valence-electron chi connectivity index (χ1n) is 5.45. The Morgan fingerprint density at radius 1 is 1.33 bits per heavy atom. The zero-order valence-electron chi connectivity index (χ0n) is 10.0. The molecule has 0 unspecified atom stereocenters. The van der Waals surface area contributed by atoms with E-state index in [1.807, 2.05) is 31.2 Å². The minimum absolute atomic E-state index is 0.195. The fraction of sp³-hybridized carbons (Fsp3) is 0.250. The summed E-state index contributed by atoms with van der Waals surface area (Å²) in [5.41, 5.74) is 0.991. The molecule has 1 aromatic heterocycles. The first-order chi connectivity index (χ1) is 8.70. The van der Waals surface area contributed by atoms with Crippen LogP contribution in [0.3, 0.4) is 0 Å². The minimum atomic E-state index is -0.477. The normalized spacial score (nSPS) is 10.1. The van der Waals surface area contributed by atoms with Crippen LogP contribution in [0.5, 0.6) is 10.9 Å². The number of hydrogen-bond donors (Lipinski definition) is 0. The molecule has 0 spiro atoms. The van der Waals surface area contributed by atoms with Crippen LogP contribution in [0.25, 0.3) is 0 Å². The van der Waals surface area contributed by atoms with Crippen molar-refractivity contribution in [3.8, 4) is 10.9 Å². The van der Waals surface area contributed by atoms with Crippen molar-refractivity contribution in [1.82, 2.24) is 10.2 Å². The van der Waals surface area contributed by atoms with Gasteiger partial charge in [-0.05, 0) is 36.8 Å². The lowest BCUT2D eigenvalue weighted by atomic mass is 10.2. The van der Waals surface area contributed by atoms with Gasteiger partial charge in [0.15, 0.2) is 0 Å². The molecule has 0 atom stereocenters. The van der Waals surface area contributed by atoms with Gasteiger partial charge in [-0.3, -0.25) is 0 Å². The van der Waals surface area contributed by atoms with Crippen LogP contribution >= 0.6 is 11.3 Å². The second-order valence-corrected chi connectivity index (χ2v) is 4.40. The molecule has 0 saturated heterocycles. The molecule has 18 heavy (non-hydrogen) atoms. The molecule has 0 saturated carbocycles. The molecule has 5 nitrogen and oxygen atoms in total. The number of para-hydroxylation sites is 1. The number of carbonyl (C=O) groups excluding carboxylic acids is 1. The minimum Gasteiger partial charge on any atom is -0.461 e. The molecule has 0 radical (unpaired) electrons. The predicted molar refractivity (Wildman–Crippen MR) is 67.1 cm³/mol. The summed E-state index contributed by atoms with van der Waals surface area (Å²) in [5.74, 6) is 0.221. The van der Waals surface area contributed by atoms with Crippen molar-refractivity contribution in [3.63, 3.8) is 0 Å². The van der Waals surface area contributed by atoms with Crippen LogP contribution in [0.15, 0.2) is 24.3 Å². The fourth-order valence-corrected chi connectivity index (χ4v) is 1.89. The Balaban J connectivity index is 2.12. The van der Waals surface area contributed by atoms with Gasteiger partial charge in [-0.25, -0.2) is 4.79 Å². The molecular formula is C12H12N2O3S. The van der Waals surface area contributed by atoms with Crippen molar-refractivity contribution in [3.05, 3.63) is 34.8 Å². The summed E-state index contributed by atoms with van der Waals surface area (Å²) in [4.78, 5) is 11.4. The van der Waals surface area contributed by atoms with E-state index in [2.05, 4.69) is 10.2 Å². The standard InChI is InChI=1S/C12H12N2O3S/c1-3-16-11(15)10-13-14-12(18-10)17-9-7-5-4-6-8(9)2/h4-7H,3H2,1-2H3. The topological polar surface area (TPSA) is 61.3 Å². The third kappa shape index (κ3) is 2.84. The van der Waals surface area contributed by atoms with Crippen molar-refractivity contribution in [2.75, 3.05) is 6.61 Å². The molecule has 0 amide bonds. The SMILES string of the molecule is CCOC(=O)c1nnc(Oc2ccccc2C)s1. The number of carbonyl (C=O) groups is 1. The summed E-state index contributed by atoms with van der Waals surface area (Å²) in [6.45, 7) is 3.98. The van der Waals surface area contributed by atoms with Gasteiger partial charge in [0.05, 0.1) is 6.61 Å². The molecule has 2 rings (SSSR count). The molecule has 2 aromatic rings. The largest absolute Gasteiger partial charge is 0.461 e. The summed E-state index contributed by atoms with van der Waals surface area (Å²) in [5, 5.41) is 8.05. The van der Waals surface area contributed by atoms with E-state index >= 15 is 0 Å². The molecule has 0 aliphatic heterocycles. The van der Waals surface area contributed by atoms with Crippen molar-refractivity contribution in [2.45, 2.75) is 13.8 Å². The molecule has 0 N–H and O–H groups in total. The van der Waals surface area contributed by atoms with Gasteiger partial charge in [0.25, 0.3) is 5.19 Å². The Kier molecular flexibility index (Phi) is 3.88. The van der Waals surface area contributed by atoms with Gasteiger partial charge in [0.1, 0.15) is 5.75 Å². The van der Waals surface area contributed by atoms with E-state index in [-0.39, 0.29) is 5.01 Å². The molecule has 1 heterocycles. The number of aryl methyl sites for hydroxylation is 1. The molecule has 0 aliphatic carbocycles. The van der Waals surface area contributed by atoms with Gasteiger partial charge in [0, 0.05) is 0 Å². The maximum atomic E-state index is 11.4. The molecule has 0 aliphatic rings. The van der Waals surface area contributed by atoms with Crippen molar-refractivity contribution >= 4 is 17.3 Å². The zero-order chi connectivity index (χ0) is 13.0. The zero-order valence-corrected chi connectivity index (χ0v) is 10.9. The number of rotatable bonds is 4. The van der Waals surface area contributed by atoms with Gasteiger partial charge >= 0.3 is 5.97 Å². The highest BCUT2D eigenvalue weighted by Crippen LogP contribution is 2.27. The molecule has 1 aromatic carbocycles. The summed E-state index contributed by atoms with van der Waals surface area (Å²) in [6.07, 6.45) is 0. The quantitative estimate of drug-likeness (QED) is 0.795. The van der Waals surface area contributed by atoms with Crippen molar-refractivity contribution < 1.29 is 14.3 Å². The van der Waals surface area contributed by atoms with Crippen LogP contribution in [0.1, 0.15) is 22.3 Å². The Hall–Kier alpha value is -1.95. The predicted octanol–water partition coefficient (Wildman–Crippen LogP) is 2.82. The van der Waals surface area contributed by atoms with Crippen LogP contribution in [-0.4, -0.2) is 22.8 Å². The second kappa shape index (κ2) is 5.59. The number of esters is 1. The summed E-state index contributed by atoms with van der Waals surface area (Å²) in [7, 11) is 0. The Bertz CT molecular complexity index is 554. The molecule has 94 valence electrons. The van der Waals surface area contributed by atoms with E-state index in [4.69, 9.17) is 9.47 Å². The van der Waals surface area contributed by atoms with Crippen LogP contribution < -0.4 is 4.74 Å². The summed E-state index contributed by atoms with van der Waals surface area (Å²) >= 11 is 1.07. The van der Waals surface area contributed by atoms with E-state index in [1.165, 1.54) is 0 Å². The highest BCUT2D eigenvalue weighted by Gasteiger charge is 2.15. The first kappa shape index (κ1) is 12.5. The maximum absolute atomic E-state index is 11.4. The average molecular weight is 264 g/mol. The smallest absolute Gasteiger partial charge is 0.369 e. The monoisotopic (exact) mass is 264 g/mol. The van der Waals surface area contributed by atoms with E-state index in [9.17, 15) is 4.79 Å². The highest BCUT2D eigenvalue weighted by molar-refractivity contribution is 7.14. The maximum Gasteiger partial charge on any atom is 0.369 e. The molecule has 6 heteroatoms. The fourth-order valence-electron chi connectivity index (χ4n) is 1.29. The van der Waals surface area contributed by atoms with E-state index < -0.39 is 5.97 Å². The van der Waals surface area contributed by atoms with Gasteiger partial charge in [0.2, 0.25) is 5.01 Å². The van der Waals surface area contributed by atoms with Gasteiger partial charge in [-0.15, -0.1) is 5.10 Å². The Morgan fingerprint density at radius 3 is 2.83 bits per heavy atom. The number of nitrogens with zero attached hydrogens (tertiary/aromatic N) is 2. The number of benzene rings is 1. The molecular weight excluding hydrogens is 252 g/mol. The van der Waals surface area contributed by atoms with Crippen LogP contribution in [0.2, 0.25) is 0 Å². The number of aromatic nitrogens is 2. The van der Waals surface area contributed by atoms with Crippen LogP contribution in [0, 0.1) is 6.92 Å². The number of ether oxygens (including phenoxy) is 2. The Morgan fingerprint density at radius 2 is 2.11 bits per heavy atom. The van der Waals surface area contributed by atoms with Gasteiger partial charge in [-0.1, -0.05) is 23.3 Å². The first-order valence-corrected chi connectivity index (χ1v) is 6.26. The van der Waals surface area contributed by atoms with Crippen molar-refractivity contribution in [1.29, 1.82) is 0 Å². The molecule has 0 bridgehead atoms. The van der Waals surface area contributed by atoms with Crippen LogP contribution in [0.4, 0.5) is 0 Å². The summed E-state index contributed by atoms with van der Waals surface area (Å²) in [6, 6.07) is 7.56.